The number of phenols is 3. The number of ether oxygens (including phenoxy) is 1. The maximum absolute atomic E-state index is 12.5. The highest BCUT2D eigenvalue weighted by atomic mass is 16.5. The van der Waals surface area contributed by atoms with Crippen molar-refractivity contribution in [2.24, 2.45) is 0 Å². The van der Waals surface area contributed by atoms with Crippen molar-refractivity contribution in [3.63, 3.8) is 0 Å². The first kappa shape index (κ1) is 16.4. The highest BCUT2D eigenvalue weighted by Crippen LogP contribution is 2.37. The summed E-state index contributed by atoms with van der Waals surface area (Å²) in [5, 5.41) is 30.0. The molecule has 6 nitrogen and oxygen atoms in total. The van der Waals surface area contributed by atoms with Gasteiger partial charge in [0.25, 0.3) is 0 Å². The third-order valence-corrected chi connectivity index (χ3v) is 3.87. The number of allylic oxidation sites excluding steroid dienone is 1. The minimum absolute atomic E-state index is 0.0175. The van der Waals surface area contributed by atoms with Gasteiger partial charge in [-0.1, -0.05) is 6.08 Å². The smallest absolute Gasteiger partial charge is 0.197 e. The van der Waals surface area contributed by atoms with Crippen molar-refractivity contribution in [2.75, 3.05) is 7.11 Å². The number of benzene rings is 2. The van der Waals surface area contributed by atoms with Crippen LogP contribution in [-0.4, -0.2) is 22.4 Å². The maximum atomic E-state index is 12.5. The molecule has 0 aliphatic rings. The summed E-state index contributed by atoms with van der Waals surface area (Å²) in [6, 6.07) is 6.89. The van der Waals surface area contributed by atoms with Gasteiger partial charge in [0.15, 0.2) is 16.9 Å². The second kappa shape index (κ2) is 6.24. The van der Waals surface area contributed by atoms with E-state index in [1.807, 2.05) is 0 Å². The topological polar surface area (TPSA) is 100 Å². The summed E-state index contributed by atoms with van der Waals surface area (Å²) in [5.41, 5.74) is 0.411. The average molecular weight is 340 g/mol. The first-order valence-corrected chi connectivity index (χ1v) is 7.46. The molecule has 0 saturated carbocycles. The fourth-order valence-corrected chi connectivity index (χ4v) is 2.68. The van der Waals surface area contributed by atoms with Crippen LogP contribution in [0.15, 0.2) is 52.2 Å². The van der Waals surface area contributed by atoms with E-state index in [4.69, 9.17) is 9.15 Å². The van der Waals surface area contributed by atoms with Gasteiger partial charge in [-0.15, -0.1) is 6.58 Å². The molecule has 0 fully saturated rings. The lowest BCUT2D eigenvalue weighted by Gasteiger charge is -2.10. The monoisotopic (exact) mass is 340 g/mol. The molecule has 0 atom stereocenters. The standard InChI is InChI=1S/C19H16O6/c1-3-4-11-12(20)8-14(22)18-15(23)9-17(25-19(11)18)10-5-6-16(24-2)13(21)7-10/h3,5-9,20-22H,1,4H2,2H3. The minimum atomic E-state index is -0.464. The third kappa shape index (κ3) is 2.78. The second-order valence-electron chi connectivity index (χ2n) is 5.45. The van der Waals surface area contributed by atoms with Crippen molar-refractivity contribution >= 4 is 11.0 Å². The number of methoxy groups -OCH3 is 1. The molecule has 0 amide bonds. The first-order chi connectivity index (χ1) is 12.0. The lowest BCUT2D eigenvalue weighted by atomic mass is 10.0. The zero-order chi connectivity index (χ0) is 18.1. The molecule has 2 aromatic carbocycles. The first-order valence-electron chi connectivity index (χ1n) is 7.46. The van der Waals surface area contributed by atoms with Crippen LogP contribution in [0, 0.1) is 0 Å². The highest BCUT2D eigenvalue weighted by Gasteiger charge is 2.18. The van der Waals surface area contributed by atoms with Gasteiger partial charge in [-0.25, -0.2) is 0 Å². The van der Waals surface area contributed by atoms with Crippen molar-refractivity contribution in [1.29, 1.82) is 0 Å². The molecule has 0 spiro atoms. The Kier molecular flexibility index (Phi) is 4.10. The number of hydrogen-bond acceptors (Lipinski definition) is 6. The number of fused-ring (bicyclic) bond motifs is 1. The van der Waals surface area contributed by atoms with Crippen molar-refractivity contribution in [3.05, 3.63) is 58.8 Å². The molecule has 0 unspecified atom stereocenters. The molecule has 0 aliphatic carbocycles. The molecule has 3 aromatic rings. The van der Waals surface area contributed by atoms with Gasteiger partial charge in [-0.05, 0) is 24.6 Å². The maximum Gasteiger partial charge on any atom is 0.197 e. The van der Waals surface area contributed by atoms with Gasteiger partial charge in [0.05, 0.1) is 7.11 Å². The highest BCUT2D eigenvalue weighted by molar-refractivity contribution is 5.89. The summed E-state index contributed by atoms with van der Waals surface area (Å²) in [6.45, 7) is 3.62. The summed E-state index contributed by atoms with van der Waals surface area (Å²) in [6.07, 6.45) is 1.81. The van der Waals surface area contributed by atoms with E-state index in [9.17, 15) is 20.1 Å². The Hall–Kier alpha value is -3.41. The number of rotatable bonds is 4. The van der Waals surface area contributed by atoms with Crippen LogP contribution in [0.2, 0.25) is 0 Å². The van der Waals surface area contributed by atoms with E-state index in [2.05, 4.69) is 6.58 Å². The normalized spacial score (nSPS) is 10.8. The second-order valence-corrected chi connectivity index (χ2v) is 5.45. The zero-order valence-electron chi connectivity index (χ0n) is 13.4. The molecule has 0 radical (unpaired) electrons. The van der Waals surface area contributed by atoms with Crippen LogP contribution in [0.5, 0.6) is 23.0 Å². The van der Waals surface area contributed by atoms with Crippen LogP contribution >= 0.6 is 0 Å². The van der Waals surface area contributed by atoms with Crippen molar-refractivity contribution in [2.45, 2.75) is 6.42 Å². The Bertz CT molecular complexity index is 1030. The number of aromatic hydroxyl groups is 3. The summed E-state index contributed by atoms with van der Waals surface area (Å²) >= 11 is 0. The molecule has 3 rings (SSSR count). The molecule has 1 heterocycles. The number of hydrogen-bond donors (Lipinski definition) is 3. The summed E-state index contributed by atoms with van der Waals surface area (Å²) in [7, 11) is 1.43. The largest absolute Gasteiger partial charge is 0.507 e. The third-order valence-electron chi connectivity index (χ3n) is 3.87. The van der Waals surface area contributed by atoms with E-state index in [1.165, 1.54) is 19.2 Å². The molecule has 0 bridgehead atoms. The van der Waals surface area contributed by atoms with E-state index in [1.54, 1.807) is 18.2 Å². The van der Waals surface area contributed by atoms with Crippen LogP contribution in [0.3, 0.4) is 0 Å². The Balaban J connectivity index is 2.31. The molecular weight excluding hydrogens is 324 g/mol. The summed E-state index contributed by atoms with van der Waals surface area (Å²) in [5.74, 6) is -0.186. The van der Waals surface area contributed by atoms with Crippen LogP contribution in [-0.2, 0) is 6.42 Å². The summed E-state index contributed by atoms with van der Waals surface area (Å²) < 4.78 is 10.8. The minimum Gasteiger partial charge on any atom is -0.507 e. The van der Waals surface area contributed by atoms with Crippen molar-refractivity contribution in [1.82, 2.24) is 0 Å². The van der Waals surface area contributed by atoms with Crippen LogP contribution in [0.25, 0.3) is 22.3 Å². The van der Waals surface area contributed by atoms with Crippen LogP contribution in [0.1, 0.15) is 5.56 Å². The molecular formula is C19H16O6. The lowest BCUT2D eigenvalue weighted by molar-refractivity contribution is 0.373. The van der Waals surface area contributed by atoms with Gasteiger partial charge in [-0.3, -0.25) is 4.79 Å². The van der Waals surface area contributed by atoms with Crippen molar-refractivity contribution < 1.29 is 24.5 Å². The fourth-order valence-electron chi connectivity index (χ4n) is 2.68. The van der Waals surface area contributed by atoms with E-state index >= 15 is 0 Å². The Morgan fingerprint density at radius 3 is 2.52 bits per heavy atom. The van der Waals surface area contributed by atoms with E-state index in [0.29, 0.717) is 11.1 Å². The Labute approximate surface area is 142 Å². The van der Waals surface area contributed by atoms with E-state index < -0.39 is 5.43 Å². The molecule has 0 saturated heterocycles. The zero-order valence-corrected chi connectivity index (χ0v) is 13.4. The quantitative estimate of drug-likeness (QED) is 0.630. The molecule has 0 aliphatic heterocycles. The van der Waals surface area contributed by atoms with Crippen LogP contribution < -0.4 is 10.2 Å². The van der Waals surface area contributed by atoms with Gasteiger partial charge in [0.1, 0.15) is 28.2 Å². The molecule has 3 N–H and O–H groups in total. The SMILES string of the molecule is C=CCc1c(O)cc(O)c2c(=O)cc(-c3ccc(OC)c(O)c3)oc12. The lowest BCUT2D eigenvalue weighted by Crippen LogP contribution is -2.03. The predicted octanol–water partition coefficient (Wildman–Crippen LogP) is 3.31. The molecule has 1 aromatic heterocycles. The Morgan fingerprint density at radius 2 is 1.88 bits per heavy atom. The Morgan fingerprint density at radius 1 is 1.12 bits per heavy atom. The predicted molar refractivity (Wildman–Crippen MR) is 93.4 cm³/mol. The molecule has 128 valence electrons. The van der Waals surface area contributed by atoms with Gasteiger partial charge in [0, 0.05) is 23.3 Å². The fraction of sp³-hybridized carbons (Fsp3) is 0.105. The van der Waals surface area contributed by atoms with Gasteiger partial charge < -0.3 is 24.5 Å². The molecule has 6 heteroatoms. The van der Waals surface area contributed by atoms with Crippen molar-refractivity contribution in [3.8, 4) is 34.3 Å². The van der Waals surface area contributed by atoms with E-state index in [-0.39, 0.29) is 46.1 Å². The number of phenolic OH excluding ortho intramolecular Hbond substituents is 3. The average Bonchev–Trinajstić information content (AvgIpc) is 2.57. The van der Waals surface area contributed by atoms with Gasteiger partial charge >= 0.3 is 0 Å². The van der Waals surface area contributed by atoms with Gasteiger partial charge in [-0.2, -0.15) is 0 Å². The summed E-state index contributed by atoms with van der Waals surface area (Å²) in [4.78, 5) is 12.5. The van der Waals surface area contributed by atoms with Gasteiger partial charge in [0.2, 0.25) is 0 Å². The van der Waals surface area contributed by atoms with Crippen LogP contribution in [0.4, 0.5) is 0 Å². The van der Waals surface area contributed by atoms with E-state index in [0.717, 1.165) is 6.07 Å². The molecule has 25 heavy (non-hydrogen) atoms.